The van der Waals surface area contributed by atoms with E-state index >= 15 is 0 Å². The Morgan fingerprint density at radius 2 is 2.33 bits per heavy atom. The first-order valence-corrected chi connectivity index (χ1v) is 7.72. The van der Waals surface area contributed by atoms with Crippen LogP contribution in [-0.4, -0.2) is 26.8 Å². The Morgan fingerprint density at radius 3 is 3.14 bits per heavy atom. The van der Waals surface area contributed by atoms with Crippen LogP contribution in [0.5, 0.6) is 0 Å². The summed E-state index contributed by atoms with van der Waals surface area (Å²) < 4.78 is 1.87. The van der Waals surface area contributed by atoms with Gasteiger partial charge >= 0.3 is 0 Å². The first-order valence-electron chi connectivity index (χ1n) is 6.91. The highest BCUT2D eigenvalue weighted by Gasteiger charge is 2.08. The van der Waals surface area contributed by atoms with E-state index in [1.807, 2.05) is 28.9 Å². The zero-order valence-corrected chi connectivity index (χ0v) is 12.6. The molecular weight excluding hydrogens is 284 g/mol. The number of amides is 1. The number of nitrogens with one attached hydrogen (secondary N) is 1. The molecule has 0 bridgehead atoms. The molecule has 5 nitrogen and oxygen atoms in total. The summed E-state index contributed by atoms with van der Waals surface area (Å²) in [5.74, 6) is -0.147. The molecular formula is C15H16N4OS. The molecule has 0 aliphatic rings. The van der Waals surface area contributed by atoms with E-state index in [1.54, 1.807) is 23.7 Å². The maximum Gasteiger partial charge on any atom is 0.270 e. The van der Waals surface area contributed by atoms with Crippen LogP contribution in [0.3, 0.4) is 0 Å². The Morgan fingerprint density at radius 1 is 1.43 bits per heavy atom. The smallest absolute Gasteiger partial charge is 0.270 e. The Hall–Kier alpha value is -2.21. The van der Waals surface area contributed by atoms with Crippen LogP contribution < -0.4 is 5.32 Å². The molecule has 21 heavy (non-hydrogen) atoms. The lowest BCUT2D eigenvalue weighted by Crippen LogP contribution is -2.26. The highest BCUT2D eigenvalue weighted by Crippen LogP contribution is 2.13. The molecule has 3 aromatic rings. The Labute approximate surface area is 126 Å². The molecule has 0 spiro atoms. The lowest BCUT2D eigenvalue weighted by molar-refractivity contribution is 0.0949. The molecule has 0 aliphatic heterocycles. The van der Waals surface area contributed by atoms with E-state index in [2.05, 4.69) is 22.2 Å². The van der Waals surface area contributed by atoms with Crippen LogP contribution in [0.4, 0.5) is 0 Å². The summed E-state index contributed by atoms with van der Waals surface area (Å²) in [4.78, 5) is 21.8. The molecule has 0 saturated heterocycles. The van der Waals surface area contributed by atoms with Gasteiger partial charge in [-0.1, -0.05) is 6.92 Å². The van der Waals surface area contributed by atoms with Gasteiger partial charge in [0.15, 0.2) is 0 Å². The molecule has 1 amide bonds. The van der Waals surface area contributed by atoms with E-state index in [0.717, 1.165) is 23.4 Å². The standard InChI is InChI=1S/C15H16N4OS/c1-2-12-9-17-14(21-12)5-6-16-15(20)13-8-11-4-3-7-19(11)10-18-13/h3-4,7-10H,2,5-6H2,1H3,(H,16,20). The molecule has 3 rings (SSSR count). The minimum atomic E-state index is -0.147. The third-order valence-electron chi connectivity index (χ3n) is 3.22. The SMILES string of the molecule is CCc1cnc(CCNC(=O)c2cc3cccn3cn2)s1. The monoisotopic (exact) mass is 300 g/mol. The van der Waals surface area contributed by atoms with Crippen molar-refractivity contribution in [2.75, 3.05) is 6.54 Å². The van der Waals surface area contributed by atoms with Crippen molar-refractivity contribution in [2.45, 2.75) is 19.8 Å². The summed E-state index contributed by atoms with van der Waals surface area (Å²) in [6, 6.07) is 5.65. The van der Waals surface area contributed by atoms with Crippen molar-refractivity contribution in [2.24, 2.45) is 0 Å². The number of hydrogen-bond donors (Lipinski definition) is 1. The number of fused-ring (bicyclic) bond motifs is 1. The number of hydrogen-bond acceptors (Lipinski definition) is 4. The summed E-state index contributed by atoms with van der Waals surface area (Å²) in [5, 5.41) is 3.95. The number of thiazole rings is 1. The molecule has 0 aliphatic carbocycles. The van der Waals surface area contributed by atoms with Gasteiger partial charge in [-0.2, -0.15) is 0 Å². The molecule has 1 N–H and O–H groups in total. The average Bonchev–Trinajstić information content (AvgIpc) is 3.14. The van der Waals surface area contributed by atoms with E-state index in [9.17, 15) is 4.79 Å². The maximum absolute atomic E-state index is 12.1. The summed E-state index contributed by atoms with van der Waals surface area (Å²) >= 11 is 1.70. The molecule has 0 fully saturated rings. The molecule has 0 aromatic carbocycles. The van der Waals surface area contributed by atoms with Crippen molar-refractivity contribution in [3.63, 3.8) is 0 Å². The van der Waals surface area contributed by atoms with E-state index < -0.39 is 0 Å². The summed E-state index contributed by atoms with van der Waals surface area (Å²) in [5.41, 5.74) is 1.40. The van der Waals surface area contributed by atoms with Crippen molar-refractivity contribution >= 4 is 22.8 Å². The van der Waals surface area contributed by atoms with Crippen molar-refractivity contribution in [3.8, 4) is 0 Å². The largest absolute Gasteiger partial charge is 0.350 e. The van der Waals surface area contributed by atoms with Crippen molar-refractivity contribution in [1.82, 2.24) is 19.7 Å². The average molecular weight is 300 g/mol. The minimum absolute atomic E-state index is 0.147. The minimum Gasteiger partial charge on any atom is -0.350 e. The molecule has 108 valence electrons. The number of aryl methyl sites for hydroxylation is 1. The molecule has 3 heterocycles. The third-order valence-corrected chi connectivity index (χ3v) is 4.43. The highest BCUT2D eigenvalue weighted by atomic mass is 32.1. The number of carbonyl (C=O) groups is 1. The van der Waals surface area contributed by atoms with Crippen LogP contribution in [0.15, 0.2) is 36.9 Å². The van der Waals surface area contributed by atoms with Crippen LogP contribution in [-0.2, 0) is 12.8 Å². The number of carbonyl (C=O) groups excluding carboxylic acids is 1. The summed E-state index contributed by atoms with van der Waals surface area (Å²) in [7, 11) is 0. The van der Waals surface area contributed by atoms with E-state index in [0.29, 0.717) is 12.2 Å². The highest BCUT2D eigenvalue weighted by molar-refractivity contribution is 7.11. The van der Waals surface area contributed by atoms with Crippen molar-refractivity contribution in [1.29, 1.82) is 0 Å². The number of rotatable bonds is 5. The van der Waals surface area contributed by atoms with Gasteiger partial charge in [-0.15, -0.1) is 11.3 Å². The molecule has 0 radical (unpaired) electrons. The maximum atomic E-state index is 12.1. The first-order chi connectivity index (χ1) is 10.3. The van der Waals surface area contributed by atoms with Gasteiger partial charge in [0.25, 0.3) is 5.91 Å². The Bertz CT molecular complexity index is 762. The number of aromatic nitrogens is 3. The summed E-state index contributed by atoms with van der Waals surface area (Å²) in [6.07, 6.45) is 7.22. The van der Waals surface area contributed by atoms with Gasteiger partial charge in [0.2, 0.25) is 0 Å². The number of nitrogens with zero attached hydrogens (tertiary/aromatic N) is 3. The third kappa shape index (κ3) is 3.11. The Kier molecular flexibility index (Phi) is 3.96. The fraction of sp³-hybridized carbons (Fsp3) is 0.267. The normalized spacial score (nSPS) is 10.9. The van der Waals surface area contributed by atoms with Crippen LogP contribution in [0, 0.1) is 0 Å². The van der Waals surface area contributed by atoms with Crippen LogP contribution in [0.2, 0.25) is 0 Å². The summed E-state index contributed by atoms with van der Waals surface area (Å²) in [6.45, 7) is 2.69. The zero-order valence-electron chi connectivity index (χ0n) is 11.7. The quantitative estimate of drug-likeness (QED) is 0.786. The second-order valence-electron chi connectivity index (χ2n) is 4.69. The van der Waals surface area contributed by atoms with Gasteiger partial charge in [-0.3, -0.25) is 4.79 Å². The van der Waals surface area contributed by atoms with Gasteiger partial charge in [-0.25, -0.2) is 9.97 Å². The van der Waals surface area contributed by atoms with Crippen molar-refractivity contribution < 1.29 is 4.79 Å². The lowest BCUT2D eigenvalue weighted by Gasteiger charge is -2.04. The van der Waals surface area contributed by atoms with Gasteiger partial charge in [-0.05, 0) is 24.6 Å². The molecule has 0 atom stereocenters. The van der Waals surface area contributed by atoms with Gasteiger partial charge in [0.1, 0.15) is 5.69 Å². The van der Waals surface area contributed by atoms with E-state index in [1.165, 1.54) is 4.88 Å². The predicted octanol–water partition coefficient (Wildman–Crippen LogP) is 2.33. The molecule has 3 aromatic heterocycles. The zero-order chi connectivity index (χ0) is 14.7. The van der Waals surface area contributed by atoms with Crippen LogP contribution in [0.1, 0.15) is 27.3 Å². The predicted molar refractivity (Wildman–Crippen MR) is 82.7 cm³/mol. The first kappa shape index (κ1) is 13.8. The fourth-order valence-corrected chi connectivity index (χ4v) is 2.92. The molecule has 6 heteroatoms. The lowest BCUT2D eigenvalue weighted by atomic mass is 10.3. The Balaban J connectivity index is 1.58. The topological polar surface area (TPSA) is 59.3 Å². The molecule has 0 unspecified atom stereocenters. The fourth-order valence-electron chi connectivity index (χ4n) is 2.06. The second kappa shape index (κ2) is 6.05. The molecule has 0 saturated carbocycles. The van der Waals surface area contributed by atoms with Crippen LogP contribution >= 0.6 is 11.3 Å². The van der Waals surface area contributed by atoms with E-state index in [4.69, 9.17) is 0 Å². The van der Waals surface area contributed by atoms with E-state index in [-0.39, 0.29) is 5.91 Å². The van der Waals surface area contributed by atoms with Gasteiger partial charge in [0, 0.05) is 35.8 Å². The van der Waals surface area contributed by atoms with Crippen molar-refractivity contribution in [3.05, 3.63) is 52.5 Å². The second-order valence-corrected chi connectivity index (χ2v) is 5.89. The van der Waals surface area contributed by atoms with Crippen LogP contribution in [0.25, 0.3) is 5.52 Å². The van der Waals surface area contributed by atoms with Gasteiger partial charge < -0.3 is 9.72 Å². The van der Waals surface area contributed by atoms with Gasteiger partial charge in [0.05, 0.1) is 11.3 Å².